The van der Waals surface area contributed by atoms with E-state index in [2.05, 4.69) is 6.92 Å². The highest BCUT2D eigenvalue weighted by Gasteiger charge is 2.23. The van der Waals surface area contributed by atoms with Crippen molar-refractivity contribution < 1.29 is 4.79 Å². The molecule has 0 spiro atoms. The lowest BCUT2D eigenvalue weighted by molar-refractivity contribution is -0.126. The summed E-state index contributed by atoms with van der Waals surface area (Å²) in [6.45, 7) is 7.97. The van der Waals surface area contributed by atoms with Gasteiger partial charge < -0.3 is 5.73 Å². The van der Waals surface area contributed by atoms with Crippen molar-refractivity contribution in [3.63, 3.8) is 0 Å². The highest BCUT2D eigenvalue weighted by atomic mass is 16.1. The van der Waals surface area contributed by atoms with E-state index in [1.807, 2.05) is 45.0 Å². The SMILES string of the molecule is CC(CC(=O)C(C)(C)C)c1ccc(N)cc1. The normalized spacial score (nSPS) is 13.5. The van der Waals surface area contributed by atoms with Crippen LogP contribution in [0.4, 0.5) is 5.69 Å². The molecule has 1 atom stereocenters. The number of hydrogen-bond donors (Lipinski definition) is 1. The van der Waals surface area contributed by atoms with Crippen LogP contribution in [-0.2, 0) is 4.79 Å². The van der Waals surface area contributed by atoms with Gasteiger partial charge in [0.1, 0.15) is 5.78 Å². The molecule has 0 aromatic heterocycles. The van der Waals surface area contributed by atoms with E-state index < -0.39 is 0 Å². The van der Waals surface area contributed by atoms with Crippen LogP contribution in [0.5, 0.6) is 0 Å². The van der Waals surface area contributed by atoms with Gasteiger partial charge in [-0.3, -0.25) is 4.79 Å². The molecule has 0 aliphatic rings. The number of carbonyl (C=O) groups excluding carboxylic acids is 1. The Kier molecular flexibility index (Phi) is 3.74. The molecule has 0 saturated heterocycles. The lowest BCUT2D eigenvalue weighted by atomic mass is 9.84. The first-order valence-corrected chi connectivity index (χ1v) is 5.69. The monoisotopic (exact) mass is 219 g/mol. The lowest BCUT2D eigenvalue weighted by Crippen LogP contribution is -2.21. The van der Waals surface area contributed by atoms with Crippen molar-refractivity contribution in [3.8, 4) is 0 Å². The van der Waals surface area contributed by atoms with Crippen molar-refractivity contribution in [2.75, 3.05) is 5.73 Å². The van der Waals surface area contributed by atoms with E-state index in [1.54, 1.807) is 0 Å². The predicted octanol–water partition coefficient (Wildman–Crippen LogP) is 3.38. The molecule has 0 aliphatic heterocycles. The molecule has 0 aliphatic carbocycles. The molecule has 2 nitrogen and oxygen atoms in total. The number of rotatable bonds is 3. The molecule has 1 aromatic carbocycles. The molecule has 1 aromatic rings. The number of nitrogen functional groups attached to an aromatic ring is 1. The van der Waals surface area contributed by atoms with Gasteiger partial charge >= 0.3 is 0 Å². The van der Waals surface area contributed by atoms with Crippen LogP contribution in [0, 0.1) is 5.41 Å². The summed E-state index contributed by atoms with van der Waals surface area (Å²) in [5.74, 6) is 0.559. The van der Waals surface area contributed by atoms with Crippen molar-refractivity contribution in [1.82, 2.24) is 0 Å². The molecule has 0 amide bonds. The molecule has 2 heteroatoms. The van der Waals surface area contributed by atoms with Gasteiger partial charge in [-0.15, -0.1) is 0 Å². The van der Waals surface area contributed by atoms with Crippen molar-refractivity contribution in [1.29, 1.82) is 0 Å². The smallest absolute Gasteiger partial charge is 0.138 e. The average molecular weight is 219 g/mol. The second-order valence-corrected chi connectivity index (χ2v) is 5.45. The summed E-state index contributed by atoms with van der Waals surface area (Å²) in [4.78, 5) is 11.9. The van der Waals surface area contributed by atoms with Crippen LogP contribution < -0.4 is 5.73 Å². The van der Waals surface area contributed by atoms with Gasteiger partial charge in [-0.1, -0.05) is 39.8 Å². The number of carbonyl (C=O) groups is 1. The molecule has 0 saturated carbocycles. The van der Waals surface area contributed by atoms with E-state index in [9.17, 15) is 4.79 Å². The van der Waals surface area contributed by atoms with Crippen LogP contribution in [0.1, 0.15) is 45.6 Å². The molecule has 16 heavy (non-hydrogen) atoms. The largest absolute Gasteiger partial charge is 0.399 e. The Morgan fingerprint density at radius 3 is 2.19 bits per heavy atom. The molecular formula is C14H21NO. The van der Waals surface area contributed by atoms with Gasteiger partial charge in [-0.25, -0.2) is 0 Å². The molecule has 88 valence electrons. The van der Waals surface area contributed by atoms with Crippen LogP contribution >= 0.6 is 0 Å². The van der Waals surface area contributed by atoms with Crippen LogP contribution in [0.2, 0.25) is 0 Å². The summed E-state index contributed by atoms with van der Waals surface area (Å²) in [5.41, 5.74) is 7.32. The molecule has 2 N–H and O–H groups in total. The van der Waals surface area contributed by atoms with Gasteiger partial charge in [0, 0.05) is 17.5 Å². The van der Waals surface area contributed by atoms with E-state index in [1.165, 1.54) is 5.56 Å². The number of benzene rings is 1. The third-order valence-electron chi connectivity index (χ3n) is 2.83. The number of ketones is 1. The minimum absolute atomic E-state index is 0.248. The molecule has 0 fully saturated rings. The van der Waals surface area contributed by atoms with E-state index >= 15 is 0 Å². The predicted molar refractivity (Wildman–Crippen MR) is 68.3 cm³/mol. The molecular weight excluding hydrogens is 198 g/mol. The molecule has 0 heterocycles. The van der Waals surface area contributed by atoms with Crippen LogP contribution in [0.15, 0.2) is 24.3 Å². The summed E-state index contributed by atoms with van der Waals surface area (Å²) in [6.07, 6.45) is 0.591. The maximum Gasteiger partial charge on any atom is 0.138 e. The number of anilines is 1. The fraction of sp³-hybridized carbons (Fsp3) is 0.500. The van der Waals surface area contributed by atoms with E-state index in [0.717, 1.165) is 5.69 Å². The summed E-state index contributed by atoms with van der Waals surface area (Å²) < 4.78 is 0. The second-order valence-electron chi connectivity index (χ2n) is 5.45. The zero-order chi connectivity index (χ0) is 12.3. The standard InChI is InChI=1S/C14H21NO/c1-10(9-13(16)14(2,3)4)11-5-7-12(15)8-6-11/h5-8,10H,9,15H2,1-4H3. The van der Waals surface area contributed by atoms with Crippen molar-refractivity contribution in [2.45, 2.75) is 40.0 Å². The summed E-state index contributed by atoms with van der Waals surface area (Å²) >= 11 is 0. The Morgan fingerprint density at radius 1 is 1.25 bits per heavy atom. The third-order valence-corrected chi connectivity index (χ3v) is 2.83. The third kappa shape index (κ3) is 3.37. The highest BCUT2D eigenvalue weighted by molar-refractivity contribution is 5.84. The Bertz CT molecular complexity index is 359. The summed E-state index contributed by atoms with van der Waals surface area (Å²) in [5, 5.41) is 0. The Hall–Kier alpha value is -1.31. The van der Waals surface area contributed by atoms with Crippen molar-refractivity contribution in [3.05, 3.63) is 29.8 Å². The number of Topliss-reactive ketones (excluding diaryl/α,β-unsaturated/α-hetero) is 1. The van der Waals surface area contributed by atoms with Crippen LogP contribution in [-0.4, -0.2) is 5.78 Å². The van der Waals surface area contributed by atoms with Gasteiger partial charge in [0.2, 0.25) is 0 Å². The first-order chi connectivity index (χ1) is 7.30. The Morgan fingerprint density at radius 2 is 1.75 bits per heavy atom. The maximum absolute atomic E-state index is 11.9. The highest BCUT2D eigenvalue weighted by Crippen LogP contribution is 2.26. The van der Waals surface area contributed by atoms with Gasteiger partial charge in [0.25, 0.3) is 0 Å². The van der Waals surface area contributed by atoms with Gasteiger partial charge in [-0.2, -0.15) is 0 Å². The minimum atomic E-state index is -0.248. The van der Waals surface area contributed by atoms with Gasteiger partial charge in [0.15, 0.2) is 0 Å². The van der Waals surface area contributed by atoms with Gasteiger partial charge in [0.05, 0.1) is 0 Å². The molecule has 0 bridgehead atoms. The van der Waals surface area contributed by atoms with E-state index in [0.29, 0.717) is 12.2 Å². The van der Waals surface area contributed by atoms with E-state index in [-0.39, 0.29) is 11.3 Å². The minimum Gasteiger partial charge on any atom is -0.399 e. The second kappa shape index (κ2) is 4.69. The molecule has 0 radical (unpaired) electrons. The topological polar surface area (TPSA) is 43.1 Å². The lowest BCUT2D eigenvalue weighted by Gasteiger charge is -2.19. The van der Waals surface area contributed by atoms with Crippen LogP contribution in [0.25, 0.3) is 0 Å². The maximum atomic E-state index is 11.9. The Balaban J connectivity index is 2.69. The van der Waals surface area contributed by atoms with Gasteiger partial charge in [-0.05, 0) is 23.6 Å². The number of hydrogen-bond acceptors (Lipinski definition) is 2. The number of nitrogens with two attached hydrogens (primary N) is 1. The summed E-state index contributed by atoms with van der Waals surface area (Å²) in [6, 6.07) is 7.76. The Labute approximate surface area is 97.9 Å². The van der Waals surface area contributed by atoms with Crippen molar-refractivity contribution >= 4 is 11.5 Å². The molecule has 1 rings (SSSR count). The summed E-state index contributed by atoms with van der Waals surface area (Å²) in [7, 11) is 0. The fourth-order valence-electron chi connectivity index (χ4n) is 1.53. The zero-order valence-electron chi connectivity index (χ0n) is 10.6. The van der Waals surface area contributed by atoms with Crippen molar-refractivity contribution in [2.24, 2.45) is 5.41 Å². The first kappa shape index (κ1) is 12.8. The zero-order valence-corrected chi connectivity index (χ0v) is 10.6. The van der Waals surface area contributed by atoms with Crippen LogP contribution in [0.3, 0.4) is 0 Å². The molecule has 1 unspecified atom stereocenters. The van der Waals surface area contributed by atoms with E-state index in [4.69, 9.17) is 5.73 Å². The first-order valence-electron chi connectivity index (χ1n) is 5.69. The quantitative estimate of drug-likeness (QED) is 0.792. The average Bonchev–Trinajstić information content (AvgIpc) is 2.17. The fourth-order valence-corrected chi connectivity index (χ4v) is 1.53.